The van der Waals surface area contributed by atoms with Crippen molar-refractivity contribution < 1.29 is 21.6 Å². The van der Waals surface area contributed by atoms with Gasteiger partial charge in [0.25, 0.3) is 10.0 Å². The van der Waals surface area contributed by atoms with E-state index in [0.29, 0.717) is 0 Å². The topological polar surface area (TPSA) is 59.1 Å². The molecule has 0 fully saturated rings. The highest BCUT2D eigenvalue weighted by Crippen LogP contribution is 2.21. The average Bonchev–Trinajstić information content (AvgIpc) is 2.35. The third kappa shape index (κ3) is 2.68. The van der Waals surface area contributed by atoms with Crippen molar-refractivity contribution in [2.45, 2.75) is 5.03 Å². The van der Waals surface area contributed by atoms with Gasteiger partial charge in [0.2, 0.25) is 5.03 Å². The second-order valence-electron chi connectivity index (χ2n) is 3.50. The molecule has 0 radical (unpaired) electrons. The number of anilines is 1. The summed E-state index contributed by atoms with van der Waals surface area (Å²) in [6, 6.07) is 5.05. The van der Waals surface area contributed by atoms with Crippen LogP contribution < -0.4 is 4.72 Å². The Morgan fingerprint density at radius 3 is 2.37 bits per heavy atom. The van der Waals surface area contributed by atoms with E-state index in [4.69, 9.17) is 0 Å². The SMILES string of the molecule is O=S(=O)(Nc1cccc(F)c1F)c1ncccc1F. The Bertz CT molecular complexity index is 720. The highest BCUT2D eigenvalue weighted by atomic mass is 32.2. The summed E-state index contributed by atoms with van der Waals surface area (Å²) in [6.07, 6.45) is 1.07. The van der Waals surface area contributed by atoms with Gasteiger partial charge < -0.3 is 0 Å². The van der Waals surface area contributed by atoms with E-state index < -0.39 is 38.2 Å². The van der Waals surface area contributed by atoms with Crippen LogP contribution in [-0.2, 0) is 10.0 Å². The van der Waals surface area contributed by atoms with Crippen LogP contribution in [0.4, 0.5) is 18.9 Å². The molecular weight excluding hydrogens is 281 g/mol. The zero-order valence-electron chi connectivity index (χ0n) is 9.27. The Hall–Kier alpha value is -2.09. The summed E-state index contributed by atoms with van der Waals surface area (Å²) < 4.78 is 64.9. The summed E-state index contributed by atoms with van der Waals surface area (Å²) in [7, 11) is -4.43. The van der Waals surface area contributed by atoms with Crippen LogP contribution in [0.1, 0.15) is 0 Å². The van der Waals surface area contributed by atoms with Crippen LogP contribution in [0, 0.1) is 17.5 Å². The zero-order valence-corrected chi connectivity index (χ0v) is 10.1. The highest BCUT2D eigenvalue weighted by Gasteiger charge is 2.22. The number of benzene rings is 1. The molecule has 1 heterocycles. The zero-order chi connectivity index (χ0) is 14.0. The van der Waals surface area contributed by atoms with E-state index in [-0.39, 0.29) is 0 Å². The van der Waals surface area contributed by atoms with Gasteiger partial charge in [-0.3, -0.25) is 4.72 Å². The van der Waals surface area contributed by atoms with Gasteiger partial charge in [0.15, 0.2) is 17.5 Å². The van der Waals surface area contributed by atoms with E-state index in [1.807, 2.05) is 0 Å². The number of nitrogens with zero attached hydrogens (tertiary/aromatic N) is 1. The Kier molecular flexibility index (Phi) is 3.43. The van der Waals surface area contributed by atoms with Crippen LogP contribution in [-0.4, -0.2) is 13.4 Å². The lowest BCUT2D eigenvalue weighted by Gasteiger charge is -2.08. The molecule has 1 N–H and O–H groups in total. The van der Waals surface area contributed by atoms with Gasteiger partial charge in [-0.05, 0) is 24.3 Å². The van der Waals surface area contributed by atoms with Crippen LogP contribution in [0.5, 0.6) is 0 Å². The lowest BCUT2D eigenvalue weighted by atomic mass is 10.3. The number of aromatic nitrogens is 1. The monoisotopic (exact) mass is 288 g/mol. The molecule has 0 aliphatic heterocycles. The molecule has 100 valence electrons. The Labute approximate surface area is 107 Å². The molecule has 4 nitrogen and oxygen atoms in total. The normalized spacial score (nSPS) is 11.3. The Morgan fingerprint density at radius 1 is 1.00 bits per heavy atom. The van der Waals surface area contributed by atoms with Gasteiger partial charge in [0, 0.05) is 6.20 Å². The minimum atomic E-state index is -4.43. The van der Waals surface area contributed by atoms with Gasteiger partial charge >= 0.3 is 0 Å². The fourth-order valence-corrected chi connectivity index (χ4v) is 2.41. The minimum absolute atomic E-state index is 0.620. The quantitative estimate of drug-likeness (QED) is 0.942. The predicted molar refractivity (Wildman–Crippen MR) is 61.4 cm³/mol. The second kappa shape index (κ2) is 4.88. The lowest BCUT2D eigenvalue weighted by Crippen LogP contribution is -2.17. The summed E-state index contributed by atoms with van der Waals surface area (Å²) in [6.45, 7) is 0. The number of hydrogen-bond acceptors (Lipinski definition) is 3. The molecule has 19 heavy (non-hydrogen) atoms. The fourth-order valence-electron chi connectivity index (χ4n) is 1.34. The molecule has 1 aromatic carbocycles. The molecule has 0 amide bonds. The number of nitrogens with one attached hydrogen (secondary N) is 1. The smallest absolute Gasteiger partial charge is 0.275 e. The molecular formula is C11H7F3N2O2S. The first kappa shape index (κ1) is 13.3. The van der Waals surface area contributed by atoms with Gasteiger partial charge in [0.05, 0.1) is 5.69 Å². The third-order valence-corrected chi connectivity index (χ3v) is 3.47. The number of hydrogen-bond donors (Lipinski definition) is 1. The lowest BCUT2D eigenvalue weighted by molar-refractivity contribution is 0.511. The van der Waals surface area contributed by atoms with E-state index in [2.05, 4.69) is 4.98 Å². The average molecular weight is 288 g/mol. The Balaban J connectivity index is 2.43. The Morgan fingerprint density at radius 2 is 1.68 bits per heavy atom. The first-order valence-corrected chi connectivity index (χ1v) is 6.47. The molecule has 0 unspecified atom stereocenters. The van der Waals surface area contributed by atoms with Gasteiger partial charge in [-0.2, -0.15) is 8.42 Å². The van der Waals surface area contributed by atoms with Crippen LogP contribution in [0.15, 0.2) is 41.6 Å². The van der Waals surface area contributed by atoms with Crippen LogP contribution in [0.25, 0.3) is 0 Å². The van der Waals surface area contributed by atoms with Crippen molar-refractivity contribution in [1.29, 1.82) is 0 Å². The van der Waals surface area contributed by atoms with Crippen LogP contribution >= 0.6 is 0 Å². The van der Waals surface area contributed by atoms with Crippen LogP contribution in [0.3, 0.4) is 0 Å². The maximum atomic E-state index is 13.3. The molecule has 0 bridgehead atoms. The van der Waals surface area contributed by atoms with Crippen molar-refractivity contribution in [3.05, 3.63) is 54.0 Å². The summed E-state index contributed by atoms with van der Waals surface area (Å²) in [5.74, 6) is -3.68. The number of pyridine rings is 1. The summed E-state index contributed by atoms with van der Waals surface area (Å²) in [5, 5.41) is -0.890. The van der Waals surface area contributed by atoms with E-state index in [1.165, 1.54) is 6.07 Å². The van der Waals surface area contributed by atoms with Gasteiger partial charge in [-0.25, -0.2) is 18.2 Å². The van der Waals surface area contributed by atoms with E-state index in [9.17, 15) is 21.6 Å². The maximum absolute atomic E-state index is 13.3. The molecule has 0 spiro atoms. The standard InChI is InChI=1S/C11H7F3N2O2S/c12-7-3-1-5-9(10(7)14)16-19(17,18)11-8(13)4-2-6-15-11/h1-6,16H. The largest absolute Gasteiger partial charge is 0.282 e. The summed E-state index contributed by atoms with van der Waals surface area (Å²) in [5.41, 5.74) is -0.620. The van der Waals surface area contributed by atoms with Crippen LogP contribution in [0.2, 0.25) is 0 Å². The molecule has 2 rings (SSSR count). The first-order chi connectivity index (χ1) is 8.92. The summed E-state index contributed by atoms with van der Waals surface area (Å²) in [4.78, 5) is 3.36. The van der Waals surface area contributed by atoms with Crippen molar-refractivity contribution in [2.75, 3.05) is 4.72 Å². The van der Waals surface area contributed by atoms with Crippen molar-refractivity contribution in [3.63, 3.8) is 0 Å². The number of sulfonamides is 1. The second-order valence-corrected chi connectivity index (χ2v) is 5.09. The molecule has 0 saturated heterocycles. The van der Waals surface area contributed by atoms with Crippen molar-refractivity contribution in [1.82, 2.24) is 4.98 Å². The maximum Gasteiger partial charge on any atom is 0.282 e. The fraction of sp³-hybridized carbons (Fsp3) is 0. The first-order valence-electron chi connectivity index (χ1n) is 4.99. The minimum Gasteiger partial charge on any atom is -0.275 e. The molecule has 2 aromatic rings. The van der Waals surface area contributed by atoms with Gasteiger partial charge in [0.1, 0.15) is 0 Å². The van der Waals surface area contributed by atoms with Crippen molar-refractivity contribution in [2.24, 2.45) is 0 Å². The van der Waals surface area contributed by atoms with E-state index in [0.717, 1.165) is 30.5 Å². The van der Waals surface area contributed by atoms with Crippen molar-refractivity contribution >= 4 is 15.7 Å². The summed E-state index contributed by atoms with van der Waals surface area (Å²) >= 11 is 0. The van der Waals surface area contributed by atoms with Crippen molar-refractivity contribution in [3.8, 4) is 0 Å². The number of rotatable bonds is 3. The molecule has 0 aliphatic carbocycles. The van der Waals surface area contributed by atoms with E-state index in [1.54, 1.807) is 4.72 Å². The third-order valence-electron chi connectivity index (χ3n) is 2.18. The molecule has 8 heteroatoms. The molecule has 0 saturated carbocycles. The predicted octanol–water partition coefficient (Wildman–Crippen LogP) is 2.30. The molecule has 1 aromatic heterocycles. The molecule has 0 atom stereocenters. The van der Waals surface area contributed by atoms with E-state index >= 15 is 0 Å². The van der Waals surface area contributed by atoms with Gasteiger partial charge in [-0.1, -0.05) is 6.07 Å². The molecule has 0 aliphatic rings. The van der Waals surface area contributed by atoms with Gasteiger partial charge in [-0.15, -0.1) is 0 Å². The number of halogens is 3. The highest BCUT2D eigenvalue weighted by molar-refractivity contribution is 7.92.